The van der Waals surface area contributed by atoms with E-state index in [1.807, 2.05) is 24.3 Å². The van der Waals surface area contributed by atoms with Crippen molar-refractivity contribution in [2.75, 3.05) is 10.0 Å². The van der Waals surface area contributed by atoms with E-state index in [1.165, 1.54) is 17.7 Å². The number of amides is 1. The van der Waals surface area contributed by atoms with E-state index in [-0.39, 0.29) is 16.1 Å². The van der Waals surface area contributed by atoms with Gasteiger partial charge in [-0.05, 0) is 73.2 Å². The van der Waals surface area contributed by atoms with Crippen LogP contribution >= 0.6 is 11.3 Å². The molecular formula is C27H21N3O3S2. The third kappa shape index (κ3) is 4.94. The van der Waals surface area contributed by atoms with Crippen molar-refractivity contribution in [3.05, 3.63) is 108 Å². The first-order chi connectivity index (χ1) is 16.9. The lowest BCUT2D eigenvalue weighted by Gasteiger charge is -2.13. The van der Waals surface area contributed by atoms with Crippen LogP contribution in [0.2, 0.25) is 0 Å². The van der Waals surface area contributed by atoms with Crippen molar-refractivity contribution in [1.82, 2.24) is 4.98 Å². The highest BCUT2D eigenvalue weighted by molar-refractivity contribution is 7.92. The number of carbonyl (C=O) groups is 1. The molecule has 5 rings (SSSR count). The van der Waals surface area contributed by atoms with Crippen molar-refractivity contribution in [2.45, 2.75) is 11.8 Å². The SMILES string of the molecule is Cc1ccc2nc(-c3ccc(NC(=O)c4ccccc4NS(=O)(=O)c4ccccc4)cc3)sc2c1. The molecule has 6 nitrogen and oxygen atoms in total. The Morgan fingerprint density at radius 2 is 1.57 bits per heavy atom. The second-order valence-electron chi connectivity index (χ2n) is 7.99. The van der Waals surface area contributed by atoms with E-state index in [0.717, 1.165) is 20.8 Å². The molecule has 5 aromatic rings. The summed E-state index contributed by atoms with van der Waals surface area (Å²) in [7, 11) is -3.83. The molecular weight excluding hydrogens is 478 g/mol. The normalized spacial score (nSPS) is 11.3. The van der Waals surface area contributed by atoms with E-state index in [2.05, 4.69) is 23.0 Å². The maximum Gasteiger partial charge on any atom is 0.261 e. The monoisotopic (exact) mass is 499 g/mol. The third-order valence-electron chi connectivity index (χ3n) is 5.40. The van der Waals surface area contributed by atoms with Gasteiger partial charge in [0.2, 0.25) is 0 Å². The van der Waals surface area contributed by atoms with E-state index in [1.54, 1.807) is 65.9 Å². The Hall–Kier alpha value is -4.01. The van der Waals surface area contributed by atoms with Gasteiger partial charge in [-0.25, -0.2) is 13.4 Å². The van der Waals surface area contributed by atoms with Gasteiger partial charge in [0.25, 0.3) is 15.9 Å². The van der Waals surface area contributed by atoms with Gasteiger partial charge in [0.15, 0.2) is 0 Å². The van der Waals surface area contributed by atoms with Gasteiger partial charge in [0.1, 0.15) is 5.01 Å². The summed E-state index contributed by atoms with van der Waals surface area (Å²) in [6.07, 6.45) is 0. The number of aryl methyl sites for hydroxylation is 1. The zero-order chi connectivity index (χ0) is 24.4. The number of carbonyl (C=O) groups excluding carboxylic acids is 1. The van der Waals surface area contributed by atoms with Crippen LogP contribution in [0.4, 0.5) is 11.4 Å². The lowest BCUT2D eigenvalue weighted by Crippen LogP contribution is -2.18. The summed E-state index contributed by atoms with van der Waals surface area (Å²) < 4.78 is 29.1. The van der Waals surface area contributed by atoms with Gasteiger partial charge in [-0.1, -0.05) is 36.4 Å². The van der Waals surface area contributed by atoms with Gasteiger partial charge in [0, 0.05) is 11.3 Å². The van der Waals surface area contributed by atoms with Gasteiger partial charge in [-0.15, -0.1) is 11.3 Å². The number of nitrogens with zero attached hydrogens (tertiary/aromatic N) is 1. The van der Waals surface area contributed by atoms with Crippen LogP contribution < -0.4 is 10.0 Å². The second kappa shape index (κ2) is 9.32. The molecule has 0 aliphatic rings. The Balaban J connectivity index is 1.35. The predicted molar refractivity (Wildman–Crippen MR) is 141 cm³/mol. The average Bonchev–Trinajstić information content (AvgIpc) is 3.28. The Morgan fingerprint density at radius 1 is 0.857 bits per heavy atom. The maximum absolute atomic E-state index is 13.0. The fourth-order valence-electron chi connectivity index (χ4n) is 3.62. The first-order valence-corrected chi connectivity index (χ1v) is 13.1. The van der Waals surface area contributed by atoms with Crippen LogP contribution in [0, 0.1) is 6.92 Å². The summed E-state index contributed by atoms with van der Waals surface area (Å²) in [6.45, 7) is 2.06. The minimum Gasteiger partial charge on any atom is -0.322 e. The van der Waals surface area contributed by atoms with Crippen LogP contribution in [-0.2, 0) is 10.0 Å². The summed E-state index contributed by atoms with van der Waals surface area (Å²) in [4.78, 5) is 17.8. The third-order valence-corrected chi connectivity index (χ3v) is 7.85. The molecule has 0 bridgehead atoms. The Kier molecular flexibility index (Phi) is 6.07. The standard InChI is InChI=1S/C27H21N3O3S2/c1-18-11-16-24-25(17-18)34-27(29-24)19-12-14-20(15-13-19)28-26(31)22-9-5-6-10-23(22)30-35(32,33)21-7-3-2-4-8-21/h2-17,30H,1H3,(H,28,31). The summed E-state index contributed by atoms with van der Waals surface area (Å²) in [5, 5.41) is 3.75. The fourth-order valence-corrected chi connectivity index (χ4v) is 5.79. The lowest BCUT2D eigenvalue weighted by atomic mass is 10.1. The number of hydrogen-bond donors (Lipinski definition) is 2. The van der Waals surface area contributed by atoms with Gasteiger partial charge in [0.05, 0.1) is 26.4 Å². The average molecular weight is 500 g/mol. The minimum atomic E-state index is -3.83. The minimum absolute atomic E-state index is 0.121. The molecule has 2 N–H and O–H groups in total. The highest BCUT2D eigenvalue weighted by atomic mass is 32.2. The van der Waals surface area contributed by atoms with Crippen molar-refractivity contribution in [1.29, 1.82) is 0 Å². The van der Waals surface area contributed by atoms with E-state index >= 15 is 0 Å². The van der Waals surface area contributed by atoms with Crippen molar-refractivity contribution in [3.63, 3.8) is 0 Å². The van der Waals surface area contributed by atoms with Crippen molar-refractivity contribution < 1.29 is 13.2 Å². The zero-order valence-corrected chi connectivity index (χ0v) is 20.4. The second-order valence-corrected chi connectivity index (χ2v) is 10.7. The van der Waals surface area contributed by atoms with E-state index in [4.69, 9.17) is 4.98 Å². The molecule has 1 aromatic heterocycles. The fraction of sp³-hybridized carbons (Fsp3) is 0.0370. The molecule has 0 spiro atoms. The number of sulfonamides is 1. The molecule has 1 heterocycles. The number of aromatic nitrogens is 1. The van der Waals surface area contributed by atoms with E-state index in [9.17, 15) is 13.2 Å². The molecule has 0 fully saturated rings. The highest BCUT2D eigenvalue weighted by Gasteiger charge is 2.18. The number of thiazole rings is 1. The Bertz CT molecular complexity index is 1630. The van der Waals surface area contributed by atoms with Gasteiger partial charge in [-0.2, -0.15) is 0 Å². The Morgan fingerprint density at radius 3 is 2.34 bits per heavy atom. The quantitative estimate of drug-likeness (QED) is 0.286. The number of rotatable bonds is 6. The van der Waals surface area contributed by atoms with Crippen molar-refractivity contribution in [2.24, 2.45) is 0 Å². The number of anilines is 2. The largest absolute Gasteiger partial charge is 0.322 e. The lowest BCUT2D eigenvalue weighted by molar-refractivity contribution is 0.102. The van der Waals surface area contributed by atoms with Crippen LogP contribution in [0.3, 0.4) is 0 Å². The number of fused-ring (bicyclic) bond motifs is 1. The zero-order valence-electron chi connectivity index (χ0n) is 18.7. The number of nitrogens with one attached hydrogen (secondary N) is 2. The van der Waals surface area contributed by atoms with Crippen LogP contribution in [0.25, 0.3) is 20.8 Å². The molecule has 1 amide bonds. The van der Waals surface area contributed by atoms with Gasteiger partial charge < -0.3 is 5.32 Å². The summed E-state index contributed by atoms with van der Waals surface area (Å²) in [6, 6.07) is 28.1. The summed E-state index contributed by atoms with van der Waals surface area (Å²) >= 11 is 1.62. The van der Waals surface area contributed by atoms with Gasteiger partial charge in [-0.3, -0.25) is 9.52 Å². The number of para-hydroxylation sites is 1. The summed E-state index contributed by atoms with van der Waals surface area (Å²) in [5.41, 5.74) is 4.13. The molecule has 35 heavy (non-hydrogen) atoms. The smallest absolute Gasteiger partial charge is 0.261 e. The van der Waals surface area contributed by atoms with Crippen LogP contribution in [-0.4, -0.2) is 19.3 Å². The number of hydrogen-bond acceptors (Lipinski definition) is 5. The molecule has 0 radical (unpaired) electrons. The molecule has 0 unspecified atom stereocenters. The molecule has 0 atom stereocenters. The van der Waals surface area contributed by atoms with E-state index < -0.39 is 15.9 Å². The molecule has 174 valence electrons. The highest BCUT2D eigenvalue weighted by Crippen LogP contribution is 2.31. The van der Waals surface area contributed by atoms with Crippen LogP contribution in [0.5, 0.6) is 0 Å². The maximum atomic E-state index is 13.0. The molecule has 4 aromatic carbocycles. The van der Waals surface area contributed by atoms with E-state index in [0.29, 0.717) is 5.69 Å². The Labute approximate surface area is 207 Å². The van der Waals surface area contributed by atoms with Crippen LogP contribution in [0.15, 0.2) is 102 Å². The van der Waals surface area contributed by atoms with Crippen molar-refractivity contribution >= 4 is 48.9 Å². The van der Waals surface area contributed by atoms with Crippen LogP contribution in [0.1, 0.15) is 15.9 Å². The van der Waals surface area contributed by atoms with Gasteiger partial charge >= 0.3 is 0 Å². The molecule has 0 aliphatic carbocycles. The number of benzene rings is 4. The first kappa shape index (κ1) is 22.8. The molecule has 0 saturated carbocycles. The topological polar surface area (TPSA) is 88.2 Å². The summed E-state index contributed by atoms with van der Waals surface area (Å²) in [5.74, 6) is -0.417. The molecule has 8 heteroatoms. The first-order valence-electron chi connectivity index (χ1n) is 10.8. The van der Waals surface area contributed by atoms with Crippen molar-refractivity contribution in [3.8, 4) is 10.6 Å². The molecule has 0 saturated heterocycles. The molecule has 0 aliphatic heterocycles. The predicted octanol–water partition coefficient (Wildman–Crippen LogP) is 6.32.